The zero-order valence-corrected chi connectivity index (χ0v) is 16.0. The fourth-order valence-electron chi connectivity index (χ4n) is 7.61. The Hall–Kier alpha value is -0.570. The van der Waals surface area contributed by atoms with E-state index in [0.717, 1.165) is 30.1 Å². The summed E-state index contributed by atoms with van der Waals surface area (Å²) >= 11 is 0. The van der Waals surface area contributed by atoms with Crippen LogP contribution in [0.15, 0.2) is 5.16 Å². The van der Waals surface area contributed by atoms with Crippen molar-refractivity contribution in [3.63, 3.8) is 0 Å². The van der Waals surface area contributed by atoms with Crippen molar-refractivity contribution in [3.05, 3.63) is 0 Å². The summed E-state index contributed by atoms with van der Waals surface area (Å²) in [7, 11) is 3.62. The van der Waals surface area contributed by atoms with Crippen molar-refractivity contribution >= 4 is 5.71 Å². The van der Waals surface area contributed by atoms with Crippen LogP contribution < -0.4 is 0 Å². The molecule has 0 spiro atoms. The van der Waals surface area contributed by atoms with Crippen molar-refractivity contribution in [2.75, 3.05) is 14.2 Å². The number of nitrogens with zero attached hydrogens (tertiary/aromatic N) is 1. The second-order valence-electron chi connectivity index (χ2n) is 9.55. The number of rotatable bonds is 2. The van der Waals surface area contributed by atoms with Crippen molar-refractivity contribution in [1.82, 2.24) is 0 Å². The molecule has 0 aromatic carbocycles. The summed E-state index contributed by atoms with van der Waals surface area (Å²) in [5.74, 6) is 3.58. The summed E-state index contributed by atoms with van der Waals surface area (Å²) in [6.45, 7) is 5.15. The SMILES string of the molecule is CO/N=C1\CC[C@@]2(C)[C@@H](CC[C@@H]3[C@@H]2CC[C@]2(C)[C@@H](OC)CC[C@@H]32)C1. The van der Waals surface area contributed by atoms with E-state index in [1.807, 2.05) is 7.11 Å². The molecule has 24 heavy (non-hydrogen) atoms. The Bertz CT molecular complexity index is 518. The molecule has 0 aliphatic heterocycles. The van der Waals surface area contributed by atoms with Gasteiger partial charge in [-0.3, -0.25) is 0 Å². The number of fused-ring (bicyclic) bond motifs is 5. The molecule has 0 amide bonds. The van der Waals surface area contributed by atoms with E-state index in [9.17, 15) is 0 Å². The fourth-order valence-corrected chi connectivity index (χ4v) is 7.61. The summed E-state index contributed by atoms with van der Waals surface area (Å²) in [5.41, 5.74) is 2.28. The quantitative estimate of drug-likeness (QED) is 0.662. The van der Waals surface area contributed by atoms with Crippen molar-refractivity contribution in [3.8, 4) is 0 Å². The van der Waals surface area contributed by atoms with E-state index in [2.05, 4.69) is 19.0 Å². The fraction of sp³-hybridized carbons (Fsp3) is 0.952. The van der Waals surface area contributed by atoms with E-state index in [1.165, 1.54) is 57.1 Å². The Morgan fingerprint density at radius 2 is 1.71 bits per heavy atom. The molecule has 0 unspecified atom stereocenters. The second kappa shape index (κ2) is 6.00. The van der Waals surface area contributed by atoms with Crippen LogP contribution in [0.2, 0.25) is 0 Å². The minimum atomic E-state index is 0.441. The second-order valence-corrected chi connectivity index (χ2v) is 9.55. The lowest BCUT2D eigenvalue weighted by Gasteiger charge is -2.60. The van der Waals surface area contributed by atoms with Gasteiger partial charge in [-0.1, -0.05) is 19.0 Å². The van der Waals surface area contributed by atoms with Crippen LogP contribution in [0.4, 0.5) is 0 Å². The zero-order valence-electron chi connectivity index (χ0n) is 16.0. The molecule has 0 saturated heterocycles. The maximum absolute atomic E-state index is 5.91. The molecule has 4 saturated carbocycles. The summed E-state index contributed by atoms with van der Waals surface area (Å²) in [6, 6.07) is 0. The van der Waals surface area contributed by atoms with E-state index in [-0.39, 0.29) is 0 Å². The number of methoxy groups -OCH3 is 1. The number of hydrogen-bond donors (Lipinski definition) is 0. The highest BCUT2D eigenvalue weighted by Crippen LogP contribution is 2.66. The zero-order chi connectivity index (χ0) is 16.9. The van der Waals surface area contributed by atoms with E-state index in [1.54, 1.807) is 7.11 Å². The van der Waals surface area contributed by atoms with Crippen LogP contribution in [0, 0.1) is 34.5 Å². The largest absolute Gasteiger partial charge is 0.399 e. The number of oxime groups is 1. The Morgan fingerprint density at radius 1 is 0.917 bits per heavy atom. The first-order valence-corrected chi connectivity index (χ1v) is 10.1. The number of ether oxygens (including phenoxy) is 1. The Morgan fingerprint density at radius 3 is 2.46 bits per heavy atom. The lowest BCUT2D eigenvalue weighted by Crippen LogP contribution is -2.54. The molecule has 7 atom stereocenters. The Balaban J connectivity index is 1.57. The van der Waals surface area contributed by atoms with E-state index in [4.69, 9.17) is 9.57 Å². The Labute approximate surface area is 147 Å². The molecule has 0 aromatic rings. The van der Waals surface area contributed by atoms with Gasteiger partial charge in [0.15, 0.2) is 0 Å². The lowest BCUT2D eigenvalue weighted by atomic mass is 9.45. The van der Waals surface area contributed by atoms with Gasteiger partial charge in [0.1, 0.15) is 7.11 Å². The first-order valence-electron chi connectivity index (χ1n) is 10.1. The van der Waals surface area contributed by atoms with Gasteiger partial charge in [-0.05, 0) is 92.3 Å². The predicted octanol–water partition coefficient (Wildman–Crippen LogP) is 5.05. The van der Waals surface area contributed by atoms with Gasteiger partial charge in [-0.2, -0.15) is 0 Å². The molecule has 0 N–H and O–H groups in total. The lowest BCUT2D eigenvalue weighted by molar-refractivity contribution is -0.118. The van der Waals surface area contributed by atoms with Crippen LogP contribution in [0.1, 0.15) is 71.6 Å². The topological polar surface area (TPSA) is 30.8 Å². The predicted molar refractivity (Wildman–Crippen MR) is 97.0 cm³/mol. The highest BCUT2D eigenvalue weighted by atomic mass is 16.6. The molecule has 4 aliphatic rings. The minimum Gasteiger partial charge on any atom is -0.399 e. The summed E-state index contributed by atoms with van der Waals surface area (Å²) < 4.78 is 5.91. The smallest absolute Gasteiger partial charge is 0.106 e. The molecule has 0 radical (unpaired) electrons. The Kier molecular flexibility index (Phi) is 4.22. The average molecular weight is 334 g/mol. The highest BCUT2D eigenvalue weighted by molar-refractivity contribution is 5.85. The van der Waals surface area contributed by atoms with Crippen LogP contribution >= 0.6 is 0 Å². The third kappa shape index (κ3) is 2.29. The molecule has 0 bridgehead atoms. The van der Waals surface area contributed by atoms with Gasteiger partial charge in [0.2, 0.25) is 0 Å². The molecule has 136 valence electrons. The third-order valence-corrected chi connectivity index (χ3v) is 8.92. The molecule has 4 rings (SSSR count). The summed E-state index contributed by atoms with van der Waals surface area (Å²) in [6.07, 6.45) is 12.4. The minimum absolute atomic E-state index is 0.441. The van der Waals surface area contributed by atoms with E-state index < -0.39 is 0 Å². The van der Waals surface area contributed by atoms with Gasteiger partial charge in [-0.25, -0.2) is 0 Å². The van der Waals surface area contributed by atoms with Gasteiger partial charge in [0.25, 0.3) is 0 Å². The molecule has 0 heterocycles. The monoisotopic (exact) mass is 333 g/mol. The van der Waals surface area contributed by atoms with Gasteiger partial charge in [0.05, 0.1) is 11.8 Å². The summed E-state index contributed by atoms with van der Waals surface area (Å²) in [5, 5.41) is 4.30. The normalized spacial score (nSPS) is 52.5. The molecule has 0 aromatic heterocycles. The van der Waals surface area contributed by atoms with Crippen LogP contribution in [0.3, 0.4) is 0 Å². The van der Waals surface area contributed by atoms with Gasteiger partial charge in [0, 0.05) is 7.11 Å². The van der Waals surface area contributed by atoms with Crippen molar-refractivity contribution < 1.29 is 9.57 Å². The molecule has 4 fully saturated rings. The van der Waals surface area contributed by atoms with Crippen LogP contribution in [0.25, 0.3) is 0 Å². The van der Waals surface area contributed by atoms with Crippen LogP contribution in [-0.4, -0.2) is 26.0 Å². The molecular formula is C21H35NO2. The average Bonchev–Trinajstić information content (AvgIpc) is 2.92. The highest BCUT2D eigenvalue weighted by Gasteiger charge is 2.60. The molecule has 3 nitrogen and oxygen atoms in total. The van der Waals surface area contributed by atoms with Crippen LogP contribution in [0.5, 0.6) is 0 Å². The first kappa shape index (κ1) is 16.9. The first-order chi connectivity index (χ1) is 11.5. The van der Waals surface area contributed by atoms with Gasteiger partial charge in [-0.15, -0.1) is 0 Å². The maximum atomic E-state index is 5.91. The number of hydrogen-bond acceptors (Lipinski definition) is 3. The van der Waals surface area contributed by atoms with E-state index >= 15 is 0 Å². The summed E-state index contributed by atoms with van der Waals surface area (Å²) in [4.78, 5) is 5.07. The van der Waals surface area contributed by atoms with Crippen molar-refractivity contribution in [2.24, 2.45) is 39.7 Å². The standard InChI is InChI=1S/C21H35NO2/c1-20-11-9-15(22-24-4)13-14(20)5-6-16-17-7-8-19(23-3)21(17,2)12-10-18(16)20/h14,16-19H,5-13H2,1-4H3/b22-15+/t14-,16-,17-,18-,19-,20-,21-/m0/s1. The van der Waals surface area contributed by atoms with Gasteiger partial charge < -0.3 is 9.57 Å². The maximum Gasteiger partial charge on any atom is 0.106 e. The van der Waals surface area contributed by atoms with Gasteiger partial charge >= 0.3 is 0 Å². The van der Waals surface area contributed by atoms with Crippen LogP contribution in [-0.2, 0) is 9.57 Å². The molecule has 3 heteroatoms. The molecule has 4 aliphatic carbocycles. The van der Waals surface area contributed by atoms with Crippen molar-refractivity contribution in [1.29, 1.82) is 0 Å². The van der Waals surface area contributed by atoms with Crippen molar-refractivity contribution in [2.45, 2.75) is 77.7 Å². The van der Waals surface area contributed by atoms with E-state index in [0.29, 0.717) is 16.9 Å². The molecular weight excluding hydrogens is 298 g/mol. The third-order valence-electron chi connectivity index (χ3n) is 8.92.